The molecule has 13 N–H and O–H groups in total. The third-order valence-electron chi connectivity index (χ3n) is 14.9. The summed E-state index contributed by atoms with van der Waals surface area (Å²) in [6.07, 6.45) is -31.2. The van der Waals surface area contributed by atoms with Crippen molar-refractivity contribution in [2.75, 3.05) is 126 Å². The molecule has 9 unspecified atom stereocenters. The fourth-order valence-corrected chi connectivity index (χ4v) is 11.3. The highest BCUT2D eigenvalue weighted by molar-refractivity contribution is 5.00. The minimum absolute atomic E-state index is 0.00776. The quantitative estimate of drug-likeness (QED) is 0.0256. The van der Waals surface area contributed by atoms with E-state index in [2.05, 4.69) is 0 Å². The zero-order valence-corrected chi connectivity index (χ0v) is 49.2. The van der Waals surface area contributed by atoms with Crippen molar-refractivity contribution in [1.82, 2.24) is 0 Å². The van der Waals surface area contributed by atoms with E-state index in [0.717, 1.165) is 0 Å². The summed E-state index contributed by atoms with van der Waals surface area (Å²) in [4.78, 5) is 0. The van der Waals surface area contributed by atoms with Crippen molar-refractivity contribution in [3.05, 3.63) is 0 Å². The molecule has 1 saturated carbocycles. The molecule has 5 fully saturated rings. The van der Waals surface area contributed by atoms with Gasteiger partial charge in [-0.3, -0.25) is 0 Å². The van der Waals surface area contributed by atoms with E-state index in [0.29, 0.717) is 6.42 Å². The largest absolute Gasteiger partial charge is 0.394 e. The lowest BCUT2D eigenvalue weighted by atomic mass is 9.81. The first-order chi connectivity index (χ1) is 40.4. The van der Waals surface area contributed by atoms with E-state index in [1.165, 1.54) is 0 Å². The standard InChI is InChI=1S/C54H100O30/c1-28(2)39-36(25-69-15-8-56)79-53(48(40(39)63)72-18-11-59)83-45-35(23-62)78-54(50(43(45)66)74-20-13-61)84-46-38(27-75-32-22-33(71-17-10-58)34(76-29(3)4)21-31(32)24-68-14-7-55)80-51(42(65)41(46)64)82-47-37(26-70-16-9-57)81-52(77-30(5)6)49(44(47)67)73-19-12-60/h28-67H,7-27H2,1-6H3/t31?,32-,33+,34-,35?,36?,37?,38?,39-,40?,41?,42+,43?,44?,45+,46+,47+,48+,49+,50+,51+,52-,53+,54+/m1/s1. The van der Waals surface area contributed by atoms with Gasteiger partial charge in [0.05, 0.1) is 168 Å². The lowest BCUT2D eigenvalue weighted by molar-refractivity contribution is -0.394. The Bertz CT molecular complexity index is 1710. The molecule has 4 saturated heterocycles. The van der Waals surface area contributed by atoms with E-state index >= 15 is 0 Å². The highest BCUT2D eigenvalue weighted by atomic mass is 16.8. The second-order valence-electron chi connectivity index (χ2n) is 22.1. The number of rotatable bonds is 39. The molecule has 0 aromatic carbocycles. The van der Waals surface area contributed by atoms with Crippen LogP contribution in [0.5, 0.6) is 0 Å². The summed E-state index contributed by atoms with van der Waals surface area (Å²) in [6.45, 7) is 5.42. The van der Waals surface area contributed by atoms with Gasteiger partial charge >= 0.3 is 0 Å². The molecule has 4 aliphatic heterocycles. The van der Waals surface area contributed by atoms with Crippen LogP contribution in [0.15, 0.2) is 0 Å². The molecule has 5 rings (SSSR count). The minimum Gasteiger partial charge on any atom is -0.394 e. The Balaban J connectivity index is 1.52. The van der Waals surface area contributed by atoms with Crippen LogP contribution in [0.3, 0.4) is 0 Å². The molecule has 1 aliphatic carbocycles. The van der Waals surface area contributed by atoms with E-state index in [-0.39, 0.29) is 104 Å². The number of ether oxygens (including phenoxy) is 17. The molecule has 0 aromatic rings. The van der Waals surface area contributed by atoms with Gasteiger partial charge in [-0.2, -0.15) is 0 Å². The predicted molar refractivity (Wildman–Crippen MR) is 284 cm³/mol. The second kappa shape index (κ2) is 38.5. The van der Waals surface area contributed by atoms with Crippen LogP contribution in [-0.2, 0) is 80.5 Å². The minimum atomic E-state index is -2.04. The molecule has 30 nitrogen and oxygen atoms in total. The van der Waals surface area contributed by atoms with Gasteiger partial charge in [-0.15, -0.1) is 0 Å². The molecular weight excluding hydrogens is 1130 g/mol. The van der Waals surface area contributed by atoms with Crippen LogP contribution in [0.4, 0.5) is 0 Å². The second-order valence-corrected chi connectivity index (χ2v) is 22.1. The van der Waals surface area contributed by atoms with Crippen LogP contribution < -0.4 is 0 Å². The van der Waals surface area contributed by atoms with Crippen molar-refractivity contribution in [3.8, 4) is 0 Å². The maximum atomic E-state index is 12.4. The molecule has 0 spiro atoms. The van der Waals surface area contributed by atoms with Gasteiger partial charge in [-0.25, -0.2) is 0 Å². The predicted octanol–water partition coefficient (Wildman–Crippen LogP) is -5.34. The van der Waals surface area contributed by atoms with E-state index in [9.17, 15) is 66.4 Å². The van der Waals surface area contributed by atoms with Gasteiger partial charge in [-0.05, 0) is 40.0 Å². The van der Waals surface area contributed by atoms with Crippen molar-refractivity contribution in [3.63, 3.8) is 0 Å². The first-order valence-electron chi connectivity index (χ1n) is 29.4. The van der Waals surface area contributed by atoms with Crippen LogP contribution in [0, 0.1) is 17.8 Å². The summed E-state index contributed by atoms with van der Waals surface area (Å²) in [6, 6.07) is 0. The highest BCUT2D eigenvalue weighted by Gasteiger charge is 2.57. The monoisotopic (exact) mass is 1230 g/mol. The average molecular weight is 1230 g/mol. The van der Waals surface area contributed by atoms with Gasteiger partial charge in [-0.1, -0.05) is 13.8 Å². The summed E-state index contributed by atoms with van der Waals surface area (Å²) < 4.78 is 105. The molecule has 84 heavy (non-hydrogen) atoms. The van der Waals surface area contributed by atoms with E-state index in [1.807, 2.05) is 27.7 Å². The molecule has 0 radical (unpaired) electrons. The lowest BCUT2D eigenvalue weighted by Crippen LogP contribution is -2.68. The molecule has 0 bridgehead atoms. The number of hydrogen-bond donors (Lipinski definition) is 13. The van der Waals surface area contributed by atoms with Crippen LogP contribution >= 0.6 is 0 Å². The molecule has 5 aliphatic rings. The van der Waals surface area contributed by atoms with Crippen molar-refractivity contribution >= 4 is 0 Å². The van der Waals surface area contributed by atoms with Crippen molar-refractivity contribution in [2.45, 2.75) is 202 Å². The first-order valence-corrected chi connectivity index (χ1v) is 29.4. The Hall–Kier alpha value is -1.20. The van der Waals surface area contributed by atoms with Crippen LogP contribution in [-0.4, -0.2) is 339 Å². The van der Waals surface area contributed by atoms with Gasteiger partial charge in [0.25, 0.3) is 0 Å². The number of aliphatic hydroxyl groups excluding tert-OH is 13. The Morgan fingerprint density at radius 2 is 0.786 bits per heavy atom. The van der Waals surface area contributed by atoms with Crippen LogP contribution in [0.1, 0.15) is 54.4 Å². The van der Waals surface area contributed by atoms with Gasteiger partial charge in [0.1, 0.15) is 79.4 Å². The summed E-state index contributed by atoms with van der Waals surface area (Å²) in [5.41, 5.74) is 0. The van der Waals surface area contributed by atoms with Crippen LogP contribution in [0.2, 0.25) is 0 Å². The van der Waals surface area contributed by atoms with Crippen molar-refractivity contribution < 1.29 is 147 Å². The normalized spacial score (nSPS) is 38.8. The first kappa shape index (κ1) is 73.5. The topological polar surface area (TPSA) is 420 Å². The molecule has 24 atom stereocenters. The van der Waals surface area contributed by atoms with E-state index in [1.54, 1.807) is 13.8 Å². The third-order valence-corrected chi connectivity index (χ3v) is 14.9. The lowest BCUT2D eigenvalue weighted by Gasteiger charge is -2.51. The maximum absolute atomic E-state index is 12.4. The summed E-state index contributed by atoms with van der Waals surface area (Å²) in [5.74, 6) is -1.23. The fraction of sp³-hybridized carbons (Fsp3) is 1.00. The zero-order valence-electron chi connectivity index (χ0n) is 49.2. The van der Waals surface area contributed by atoms with E-state index < -0.39 is 193 Å². The smallest absolute Gasteiger partial charge is 0.187 e. The number of hydrogen-bond acceptors (Lipinski definition) is 30. The molecule has 4 heterocycles. The summed E-state index contributed by atoms with van der Waals surface area (Å²) in [5, 5.41) is 139. The maximum Gasteiger partial charge on any atom is 0.187 e. The Morgan fingerprint density at radius 1 is 0.357 bits per heavy atom. The zero-order chi connectivity index (χ0) is 61.5. The molecule has 496 valence electrons. The van der Waals surface area contributed by atoms with E-state index in [4.69, 9.17) is 80.5 Å². The molecule has 0 amide bonds. The fourth-order valence-electron chi connectivity index (χ4n) is 11.3. The third kappa shape index (κ3) is 20.9. The van der Waals surface area contributed by atoms with Gasteiger partial charge in [0, 0.05) is 18.3 Å². The van der Waals surface area contributed by atoms with Gasteiger partial charge < -0.3 is 147 Å². The highest BCUT2D eigenvalue weighted by Crippen LogP contribution is 2.40. The van der Waals surface area contributed by atoms with Crippen LogP contribution in [0.25, 0.3) is 0 Å². The molecule has 30 heteroatoms. The summed E-state index contributed by atoms with van der Waals surface area (Å²) in [7, 11) is 0. The summed E-state index contributed by atoms with van der Waals surface area (Å²) >= 11 is 0. The molecular formula is C54H100O30. The Labute approximate surface area is 490 Å². The van der Waals surface area contributed by atoms with Gasteiger partial charge in [0.2, 0.25) is 0 Å². The number of aliphatic hydroxyl groups is 13. The SMILES string of the molecule is CC(C)O[C@@H]1OC(COCCO)[C@H](O[C@@H]2OC(CO[C@@H]3C[C@H](OCCO)[C@H](OC(C)C)CC3COCCO)[C@H](O[C@@H]3OC(CO)[C@H](O[C@@H]4OC(COCCO)[C@@H](C(C)C)C(O)[C@@H]4OCCO)C(O)[C@@H]3OCCO)C(O)[C@@H]2O)C(O)[C@@H]1OCCO. The molecule has 0 aromatic heterocycles. The average Bonchev–Trinajstić information content (AvgIpc) is 1.73. The Morgan fingerprint density at radius 3 is 1.31 bits per heavy atom. The van der Waals surface area contributed by atoms with Crippen molar-refractivity contribution in [2.24, 2.45) is 17.8 Å². The Kier molecular flexibility index (Phi) is 33.7. The van der Waals surface area contributed by atoms with Crippen molar-refractivity contribution in [1.29, 1.82) is 0 Å². The van der Waals surface area contributed by atoms with Gasteiger partial charge in [0.15, 0.2) is 25.2 Å².